The van der Waals surface area contributed by atoms with Crippen molar-refractivity contribution in [1.29, 1.82) is 0 Å². The smallest absolute Gasteiger partial charge is 0.0967 e. The van der Waals surface area contributed by atoms with Crippen LogP contribution in [0, 0.1) is 0 Å². The van der Waals surface area contributed by atoms with Gasteiger partial charge in [0, 0.05) is 6.61 Å². The molecule has 0 spiro atoms. The fourth-order valence-electron chi connectivity index (χ4n) is 4.43. The van der Waals surface area contributed by atoms with Crippen molar-refractivity contribution in [2.45, 2.75) is 174 Å². The summed E-state index contributed by atoms with van der Waals surface area (Å²) in [4.78, 5) is 0. The van der Waals surface area contributed by atoms with E-state index in [1.54, 1.807) is 0 Å². The van der Waals surface area contributed by atoms with Crippen molar-refractivity contribution in [2.75, 3.05) is 11.9 Å². The molecule has 0 saturated carbocycles. The summed E-state index contributed by atoms with van der Waals surface area (Å²) in [6, 6.07) is 0. The van der Waals surface area contributed by atoms with Gasteiger partial charge in [-0.2, -0.15) is 0 Å². The Balaban J connectivity index is 0. The summed E-state index contributed by atoms with van der Waals surface area (Å²) in [7, 11) is 0. The Hall–Kier alpha value is 0.540. The molecule has 3 heteroatoms. The van der Waals surface area contributed by atoms with E-state index in [0.717, 1.165) is 6.42 Å². The van der Waals surface area contributed by atoms with Crippen LogP contribution >= 0.6 is 23.2 Å². The van der Waals surface area contributed by atoms with Gasteiger partial charge in [-0.3, -0.25) is 0 Å². The fourth-order valence-corrected chi connectivity index (χ4v) is 4.43. The second kappa shape index (κ2) is 36.1. The number of aliphatic hydroxyl groups excluding tert-OH is 1. The molecular formula is C29H60Cl2O. The highest BCUT2D eigenvalue weighted by atomic mass is 35.5. The van der Waals surface area contributed by atoms with Gasteiger partial charge in [-0.15, -0.1) is 23.2 Å². The van der Waals surface area contributed by atoms with Crippen molar-refractivity contribution in [3.05, 3.63) is 0 Å². The van der Waals surface area contributed by atoms with E-state index >= 15 is 0 Å². The summed E-state index contributed by atoms with van der Waals surface area (Å²) in [5, 5.41) is 8.94. The van der Waals surface area contributed by atoms with Gasteiger partial charge < -0.3 is 5.11 Å². The quantitative estimate of drug-likeness (QED) is 0.0934. The largest absolute Gasteiger partial charge is 0.396 e. The summed E-state index contributed by atoms with van der Waals surface area (Å²) in [6.45, 7) is 2.67. The molecule has 0 aliphatic carbocycles. The first-order valence-corrected chi connectivity index (χ1v) is 15.6. The zero-order valence-corrected chi connectivity index (χ0v) is 23.5. The molecule has 0 saturated heterocycles. The molecule has 0 aliphatic heterocycles. The summed E-state index contributed by atoms with van der Waals surface area (Å²) in [6.07, 6.45) is 37.1. The zero-order valence-electron chi connectivity index (χ0n) is 22.0. The molecule has 0 aromatic heterocycles. The molecule has 0 amide bonds. The van der Waals surface area contributed by atoms with Gasteiger partial charge >= 0.3 is 0 Å². The van der Waals surface area contributed by atoms with Gasteiger partial charge in [-0.25, -0.2) is 0 Å². The Morgan fingerprint density at radius 1 is 0.344 bits per heavy atom. The Morgan fingerprint density at radius 3 is 0.656 bits per heavy atom. The van der Waals surface area contributed by atoms with Crippen LogP contribution in [0.4, 0.5) is 0 Å². The topological polar surface area (TPSA) is 20.2 Å². The van der Waals surface area contributed by atoms with Crippen LogP contribution in [0.15, 0.2) is 0 Å². The average Bonchev–Trinajstić information content (AvgIpc) is 2.79. The van der Waals surface area contributed by atoms with Gasteiger partial charge in [0.2, 0.25) is 0 Å². The van der Waals surface area contributed by atoms with Gasteiger partial charge in [-0.1, -0.05) is 167 Å². The SMILES string of the molecule is CCCCCCCCCCCCCCCCCCCCCCCCCCCCO.ClCCl. The lowest BCUT2D eigenvalue weighted by Crippen LogP contribution is -1.85. The summed E-state index contributed by atoms with van der Waals surface area (Å²) in [5.41, 5.74) is 0. The summed E-state index contributed by atoms with van der Waals surface area (Å²) >= 11 is 9.53. The molecule has 0 radical (unpaired) electrons. The molecular weight excluding hydrogens is 435 g/mol. The van der Waals surface area contributed by atoms with Crippen molar-refractivity contribution in [3.63, 3.8) is 0 Å². The van der Waals surface area contributed by atoms with E-state index in [1.165, 1.54) is 161 Å². The number of unbranched alkanes of at least 4 members (excludes halogenated alkanes) is 25. The van der Waals surface area contributed by atoms with Gasteiger partial charge in [0.1, 0.15) is 0 Å². The molecule has 0 bridgehead atoms. The van der Waals surface area contributed by atoms with E-state index in [9.17, 15) is 0 Å². The van der Waals surface area contributed by atoms with Crippen LogP contribution in [0.2, 0.25) is 0 Å². The molecule has 0 aromatic carbocycles. The van der Waals surface area contributed by atoms with E-state index in [2.05, 4.69) is 6.92 Å². The van der Waals surface area contributed by atoms with Crippen molar-refractivity contribution in [3.8, 4) is 0 Å². The maximum Gasteiger partial charge on any atom is 0.0967 e. The molecule has 0 aliphatic rings. The van der Waals surface area contributed by atoms with E-state index in [-0.39, 0.29) is 5.34 Å². The van der Waals surface area contributed by atoms with Gasteiger partial charge in [-0.05, 0) is 6.42 Å². The lowest BCUT2D eigenvalue weighted by molar-refractivity contribution is 0.282. The van der Waals surface area contributed by atoms with E-state index in [0.29, 0.717) is 6.61 Å². The van der Waals surface area contributed by atoms with Crippen LogP contribution in [0.3, 0.4) is 0 Å². The molecule has 0 fully saturated rings. The van der Waals surface area contributed by atoms with Crippen LogP contribution in [0.25, 0.3) is 0 Å². The van der Waals surface area contributed by atoms with Crippen molar-refractivity contribution in [1.82, 2.24) is 0 Å². The third kappa shape index (κ3) is 37.8. The van der Waals surface area contributed by atoms with Crippen LogP contribution in [-0.4, -0.2) is 17.1 Å². The first-order chi connectivity index (χ1) is 15.8. The molecule has 0 heterocycles. The highest BCUT2D eigenvalue weighted by Crippen LogP contribution is 2.15. The minimum atomic E-state index is 0.194. The number of hydrogen-bond acceptors (Lipinski definition) is 1. The molecule has 1 nitrogen and oxygen atoms in total. The first-order valence-electron chi connectivity index (χ1n) is 14.6. The van der Waals surface area contributed by atoms with Crippen LogP contribution < -0.4 is 0 Å². The van der Waals surface area contributed by atoms with Gasteiger partial charge in [0.15, 0.2) is 0 Å². The second-order valence-electron chi connectivity index (χ2n) is 9.66. The van der Waals surface area contributed by atoms with E-state index < -0.39 is 0 Å². The number of halogens is 2. The van der Waals surface area contributed by atoms with E-state index in [1.807, 2.05) is 0 Å². The minimum absolute atomic E-state index is 0.194. The maximum atomic E-state index is 8.75. The average molecular weight is 496 g/mol. The Kier molecular flexibility index (Phi) is 39.2. The molecule has 0 rings (SSSR count). The fraction of sp³-hybridized carbons (Fsp3) is 1.00. The third-order valence-corrected chi connectivity index (χ3v) is 6.51. The predicted molar refractivity (Wildman–Crippen MR) is 149 cm³/mol. The highest BCUT2D eigenvalue weighted by molar-refractivity contribution is 6.40. The van der Waals surface area contributed by atoms with Crippen molar-refractivity contribution in [2.24, 2.45) is 0 Å². The number of rotatable bonds is 26. The van der Waals surface area contributed by atoms with Crippen LogP contribution in [0.1, 0.15) is 174 Å². The lowest BCUT2D eigenvalue weighted by Gasteiger charge is -2.04. The molecule has 196 valence electrons. The first kappa shape index (κ1) is 34.7. The standard InChI is InChI=1S/C28H58O.CH2Cl2/c1-2-3-4-5-6-7-8-9-10-11-12-13-14-15-16-17-18-19-20-21-22-23-24-25-26-27-28-29;2-1-3/h29H,2-28H2,1H3;1H2. The lowest BCUT2D eigenvalue weighted by atomic mass is 10.0. The molecule has 1 N–H and O–H groups in total. The normalized spacial score (nSPS) is 10.9. The molecule has 0 unspecified atom stereocenters. The molecule has 0 atom stereocenters. The van der Waals surface area contributed by atoms with Crippen molar-refractivity contribution < 1.29 is 5.11 Å². The monoisotopic (exact) mass is 494 g/mol. The number of hydrogen-bond donors (Lipinski definition) is 1. The summed E-state index contributed by atoms with van der Waals surface area (Å²) < 4.78 is 0. The maximum absolute atomic E-state index is 8.75. The Labute approximate surface area is 213 Å². The number of alkyl halides is 2. The summed E-state index contributed by atoms with van der Waals surface area (Å²) in [5.74, 6) is 0. The van der Waals surface area contributed by atoms with Crippen LogP contribution in [-0.2, 0) is 0 Å². The van der Waals surface area contributed by atoms with Gasteiger partial charge in [0.05, 0.1) is 5.34 Å². The number of aliphatic hydroxyl groups is 1. The molecule has 0 aromatic rings. The van der Waals surface area contributed by atoms with Crippen molar-refractivity contribution >= 4 is 23.2 Å². The Morgan fingerprint density at radius 2 is 0.500 bits per heavy atom. The Bertz CT molecular complexity index is 260. The molecule has 32 heavy (non-hydrogen) atoms. The highest BCUT2D eigenvalue weighted by Gasteiger charge is 1.96. The minimum Gasteiger partial charge on any atom is -0.396 e. The zero-order chi connectivity index (χ0) is 23.8. The second-order valence-corrected chi connectivity index (χ2v) is 10.5. The third-order valence-electron chi connectivity index (χ3n) is 6.51. The van der Waals surface area contributed by atoms with E-state index in [4.69, 9.17) is 28.3 Å². The van der Waals surface area contributed by atoms with Crippen LogP contribution in [0.5, 0.6) is 0 Å². The predicted octanol–water partition coefficient (Wildman–Crippen LogP) is 11.6. The van der Waals surface area contributed by atoms with Gasteiger partial charge in [0.25, 0.3) is 0 Å².